The average Bonchev–Trinajstić information content (AvgIpc) is 2.59. The van der Waals surface area contributed by atoms with Crippen LogP contribution in [0.25, 0.3) is 10.8 Å². The van der Waals surface area contributed by atoms with Crippen molar-refractivity contribution >= 4 is 16.7 Å². The highest BCUT2D eigenvalue weighted by Gasteiger charge is 2.05. The lowest BCUT2D eigenvalue weighted by atomic mass is 10.1. The molecule has 1 amide bonds. The SMILES string of the molecule is Cc1cccnc1CNC(=O)COc1ccc2ccccc2c1. The smallest absolute Gasteiger partial charge is 0.258 e. The molecular weight excluding hydrogens is 288 g/mol. The fourth-order valence-electron chi connectivity index (χ4n) is 2.34. The van der Waals surface area contributed by atoms with Crippen molar-refractivity contribution in [2.75, 3.05) is 6.61 Å². The minimum absolute atomic E-state index is 0.00970. The molecule has 4 heteroatoms. The number of rotatable bonds is 5. The summed E-state index contributed by atoms with van der Waals surface area (Å²) in [5, 5.41) is 5.06. The van der Waals surface area contributed by atoms with Crippen LogP contribution in [0.15, 0.2) is 60.8 Å². The second-order valence-electron chi connectivity index (χ2n) is 5.34. The molecule has 23 heavy (non-hydrogen) atoms. The molecule has 0 bridgehead atoms. The van der Waals surface area contributed by atoms with Crippen LogP contribution >= 0.6 is 0 Å². The Morgan fingerprint density at radius 3 is 2.74 bits per heavy atom. The van der Waals surface area contributed by atoms with Crippen molar-refractivity contribution in [3.8, 4) is 5.75 Å². The first-order chi connectivity index (χ1) is 11.2. The van der Waals surface area contributed by atoms with Crippen LogP contribution in [-0.2, 0) is 11.3 Å². The summed E-state index contributed by atoms with van der Waals surface area (Å²) in [5.41, 5.74) is 1.93. The van der Waals surface area contributed by atoms with Gasteiger partial charge in [0.2, 0.25) is 0 Å². The van der Waals surface area contributed by atoms with Crippen molar-refractivity contribution in [2.24, 2.45) is 0 Å². The molecule has 0 radical (unpaired) electrons. The van der Waals surface area contributed by atoms with E-state index in [-0.39, 0.29) is 12.5 Å². The van der Waals surface area contributed by atoms with Gasteiger partial charge in [0.15, 0.2) is 6.61 Å². The maximum absolute atomic E-state index is 11.9. The molecule has 0 unspecified atom stereocenters. The van der Waals surface area contributed by atoms with Crippen LogP contribution < -0.4 is 10.1 Å². The Labute approximate surface area is 135 Å². The van der Waals surface area contributed by atoms with Crippen LogP contribution in [0, 0.1) is 6.92 Å². The van der Waals surface area contributed by atoms with E-state index >= 15 is 0 Å². The Morgan fingerprint density at radius 1 is 1.09 bits per heavy atom. The number of hydrogen-bond acceptors (Lipinski definition) is 3. The summed E-state index contributed by atoms with van der Waals surface area (Å²) in [6.07, 6.45) is 1.72. The van der Waals surface area contributed by atoms with Crippen molar-refractivity contribution in [2.45, 2.75) is 13.5 Å². The number of benzene rings is 2. The zero-order valence-electron chi connectivity index (χ0n) is 13.0. The van der Waals surface area contributed by atoms with Crippen LogP contribution in [-0.4, -0.2) is 17.5 Å². The fraction of sp³-hybridized carbons (Fsp3) is 0.158. The van der Waals surface area contributed by atoms with Gasteiger partial charge in [0, 0.05) is 6.20 Å². The van der Waals surface area contributed by atoms with E-state index in [9.17, 15) is 4.79 Å². The van der Waals surface area contributed by atoms with Crippen LogP contribution in [0.2, 0.25) is 0 Å². The number of nitrogens with zero attached hydrogens (tertiary/aromatic N) is 1. The third-order valence-corrected chi connectivity index (χ3v) is 3.66. The van der Waals surface area contributed by atoms with Gasteiger partial charge in [-0.2, -0.15) is 0 Å². The van der Waals surface area contributed by atoms with E-state index in [4.69, 9.17) is 4.74 Å². The first kappa shape index (κ1) is 15.0. The lowest BCUT2D eigenvalue weighted by Gasteiger charge is -2.09. The number of pyridine rings is 1. The number of carbonyl (C=O) groups is 1. The standard InChI is InChI=1S/C19H18N2O2/c1-14-5-4-10-20-18(14)12-21-19(22)13-23-17-9-8-15-6-2-3-7-16(15)11-17/h2-11H,12-13H2,1H3,(H,21,22). The second-order valence-corrected chi connectivity index (χ2v) is 5.34. The van der Waals surface area contributed by atoms with Gasteiger partial charge >= 0.3 is 0 Å². The molecule has 2 aromatic carbocycles. The highest BCUT2D eigenvalue weighted by molar-refractivity contribution is 5.84. The van der Waals surface area contributed by atoms with Crippen LogP contribution in [0.5, 0.6) is 5.75 Å². The molecule has 0 saturated carbocycles. The number of carbonyl (C=O) groups excluding carboxylic acids is 1. The quantitative estimate of drug-likeness (QED) is 0.787. The molecule has 0 aliphatic carbocycles. The first-order valence-electron chi connectivity index (χ1n) is 7.51. The predicted octanol–water partition coefficient (Wildman–Crippen LogP) is 3.24. The molecule has 0 fully saturated rings. The molecule has 0 atom stereocenters. The van der Waals surface area contributed by atoms with Gasteiger partial charge in [0.1, 0.15) is 5.75 Å². The second kappa shape index (κ2) is 6.92. The number of ether oxygens (including phenoxy) is 1. The Bertz CT molecular complexity index is 830. The largest absolute Gasteiger partial charge is 0.484 e. The number of aryl methyl sites for hydroxylation is 1. The number of fused-ring (bicyclic) bond motifs is 1. The summed E-state index contributed by atoms with van der Waals surface area (Å²) >= 11 is 0. The van der Waals surface area contributed by atoms with E-state index in [1.807, 2.05) is 61.5 Å². The molecule has 0 saturated heterocycles. The normalized spacial score (nSPS) is 10.5. The van der Waals surface area contributed by atoms with Gasteiger partial charge in [-0.1, -0.05) is 36.4 Å². The molecule has 0 aliphatic rings. The third kappa shape index (κ3) is 3.86. The van der Waals surface area contributed by atoms with Crippen molar-refractivity contribution in [1.82, 2.24) is 10.3 Å². The molecule has 3 rings (SSSR count). The zero-order chi connectivity index (χ0) is 16.1. The van der Waals surface area contributed by atoms with Crippen LogP contribution in [0.3, 0.4) is 0 Å². The van der Waals surface area contributed by atoms with Gasteiger partial charge in [-0.3, -0.25) is 9.78 Å². The maximum atomic E-state index is 11.9. The Balaban J connectivity index is 1.54. The van der Waals surface area contributed by atoms with Gasteiger partial charge in [-0.15, -0.1) is 0 Å². The zero-order valence-corrected chi connectivity index (χ0v) is 13.0. The summed E-state index contributed by atoms with van der Waals surface area (Å²) in [6.45, 7) is 2.37. The summed E-state index contributed by atoms with van der Waals surface area (Å²) in [5.74, 6) is 0.524. The minimum atomic E-state index is -0.164. The fourth-order valence-corrected chi connectivity index (χ4v) is 2.34. The van der Waals surface area contributed by atoms with Gasteiger partial charge in [-0.05, 0) is 41.5 Å². The number of aromatic nitrogens is 1. The lowest BCUT2D eigenvalue weighted by Crippen LogP contribution is -2.29. The van der Waals surface area contributed by atoms with Gasteiger partial charge in [-0.25, -0.2) is 0 Å². The molecule has 116 valence electrons. The van der Waals surface area contributed by atoms with E-state index in [2.05, 4.69) is 10.3 Å². The number of hydrogen-bond donors (Lipinski definition) is 1. The highest BCUT2D eigenvalue weighted by atomic mass is 16.5. The van der Waals surface area contributed by atoms with Crippen LogP contribution in [0.1, 0.15) is 11.3 Å². The Kier molecular flexibility index (Phi) is 4.52. The van der Waals surface area contributed by atoms with E-state index < -0.39 is 0 Å². The van der Waals surface area contributed by atoms with Gasteiger partial charge < -0.3 is 10.1 Å². The molecule has 4 nitrogen and oxygen atoms in total. The topological polar surface area (TPSA) is 51.2 Å². The van der Waals surface area contributed by atoms with E-state index in [0.717, 1.165) is 22.0 Å². The van der Waals surface area contributed by atoms with Crippen molar-refractivity contribution in [1.29, 1.82) is 0 Å². The maximum Gasteiger partial charge on any atom is 0.258 e. The van der Waals surface area contributed by atoms with Crippen LogP contribution in [0.4, 0.5) is 0 Å². The summed E-state index contributed by atoms with van der Waals surface area (Å²) in [6, 6.07) is 17.7. The molecule has 0 aliphatic heterocycles. The van der Waals surface area contributed by atoms with Crippen molar-refractivity contribution in [3.05, 3.63) is 72.1 Å². The highest BCUT2D eigenvalue weighted by Crippen LogP contribution is 2.20. The lowest BCUT2D eigenvalue weighted by molar-refractivity contribution is -0.123. The van der Waals surface area contributed by atoms with E-state index in [0.29, 0.717) is 12.3 Å². The molecular formula is C19H18N2O2. The van der Waals surface area contributed by atoms with Crippen molar-refractivity contribution < 1.29 is 9.53 Å². The molecule has 0 spiro atoms. The Morgan fingerprint density at radius 2 is 1.91 bits per heavy atom. The van der Waals surface area contributed by atoms with E-state index in [1.165, 1.54) is 0 Å². The summed E-state index contributed by atoms with van der Waals surface area (Å²) in [4.78, 5) is 16.1. The Hall–Kier alpha value is -2.88. The third-order valence-electron chi connectivity index (χ3n) is 3.66. The monoisotopic (exact) mass is 306 g/mol. The molecule has 1 heterocycles. The molecule has 1 N–H and O–H groups in total. The summed E-state index contributed by atoms with van der Waals surface area (Å²) in [7, 11) is 0. The minimum Gasteiger partial charge on any atom is -0.484 e. The van der Waals surface area contributed by atoms with Gasteiger partial charge in [0.05, 0.1) is 12.2 Å². The molecule has 1 aromatic heterocycles. The average molecular weight is 306 g/mol. The van der Waals surface area contributed by atoms with E-state index in [1.54, 1.807) is 6.20 Å². The molecule has 3 aromatic rings. The van der Waals surface area contributed by atoms with Gasteiger partial charge in [0.25, 0.3) is 5.91 Å². The van der Waals surface area contributed by atoms with Crippen molar-refractivity contribution in [3.63, 3.8) is 0 Å². The summed E-state index contributed by atoms with van der Waals surface area (Å²) < 4.78 is 5.56. The first-order valence-corrected chi connectivity index (χ1v) is 7.51. The predicted molar refractivity (Wildman–Crippen MR) is 90.3 cm³/mol. The number of amides is 1. The number of nitrogens with one attached hydrogen (secondary N) is 1.